The van der Waals surface area contributed by atoms with Crippen LogP contribution in [0.2, 0.25) is 0 Å². The Kier molecular flexibility index (Phi) is 5.31. The molecule has 1 aromatic heterocycles. The summed E-state index contributed by atoms with van der Waals surface area (Å²) in [6, 6.07) is 5.17. The number of nitrogens with zero attached hydrogens (tertiary/aromatic N) is 3. The van der Waals surface area contributed by atoms with Gasteiger partial charge in [0.2, 0.25) is 11.8 Å². The monoisotopic (exact) mass is 303 g/mol. The van der Waals surface area contributed by atoms with Crippen molar-refractivity contribution in [2.45, 2.75) is 25.9 Å². The maximum atomic E-state index is 11.8. The van der Waals surface area contributed by atoms with Crippen LogP contribution in [0.4, 0.5) is 0 Å². The van der Waals surface area contributed by atoms with Gasteiger partial charge in [0, 0.05) is 18.7 Å². The van der Waals surface area contributed by atoms with E-state index in [1.165, 1.54) is 6.20 Å². The van der Waals surface area contributed by atoms with Crippen LogP contribution in [0.3, 0.4) is 0 Å². The molecule has 0 aromatic carbocycles. The molecule has 1 fully saturated rings. The van der Waals surface area contributed by atoms with Gasteiger partial charge in [0.05, 0.1) is 37.7 Å². The van der Waals surface area contributed by atoms with Gasteiger partial charge >= 0.3 is 5.97 Å². The minimum Gasteiger partial charge on any atom is -0.471 e. The van der Waals surface area contributed by atoms with Gasteiger partial charge in [0.15, 0.2) is 0 Å². The van der Waals surface area contributed by atoms with E-state index in [9.17, 15) is 9.59 Å². The van der Waals surface area contributed by atoms with Crippen molar-refractivity contribution in [1.29, 1.82) is 5.26 Å². The smallest absolute Gasteiger partial charge is 0.306 e. The normalized spacial score (nSPS) is 13.9. The highest BCUT2D eigenvalue weighted by Crippen LogP contribution is 2.18. The van der Waals surface area contributed by atoms with Gasteiger partial charge in [0.1, 0.15) is 6.10 Å². The van der Waals surface area contributed by atoms with E-state index in [2.05, 4.69) is 4.98 Å². The summed E-state index contributed by atoms with van der Waals surface area (Å²) >= 11 is 0. The molecule has 1 saturated heterocycles. The molecular formula is C15H17N3O4. The lowest BCUT2D eigenvalue weighted by molar-refractivity contribution is -0.148. The Morgan fingerprint density at radius 1 is 1.45 bits per heavy atom. The fourth-order valence-electron chi connectivity index (χ4n) is 2.03. The number of carbonyl (C=O) groups excluding carboxylic acids is 2. The molecule has 116 valence electrons. The molecule has 2 rings (SSSR count). The van der Waals surface area contributed by atoms with Crippen LogP contribution in [0.5, 0.6) is 5.88 Å². The van der Waals surface area contributed by atoms with Crippen molar-refractivity contribution in [1.82, 2.24) is 9.88 Å². The first-order valence-electron chi connectivity index (χ1n) is 7.08. The van der Waals surface area contributed by atoms with Gasteiger partial charge in [-0.15, -0.1) is 0 Å². The first-order chi connectivity index (χ1) is 10.6. The van der Waals surface area contributed by atoms with Crippen LogP contribution in [-0.2, 0) is 14.3 Å². The highest BCUT2D eigenvalue weighted by molar-refractivity contribution is 5.82. The van der Waals surface area contributed by atoms with Crippen molar-refractivity contribution < 1.29 is 19.1 Å². The molecule has 0 aliphatic carbocycles. The molecule has 1 amide bonds. The number of rotatable bonds is 6. The Morgan fingerprint density at radius 3 is 2.91 bits per heavy atom. The molecule has 0 bridgehead atoms. The lowest BCUT2D eigenvalue weighted by Gasteiger charge is -2.38. The van der Waals surface area contributed by atoms with Crippen molar-refractivity contribution in [2.75, 3.05) is 19.7 Å². The van der Waals surface area contributed by atoms with E-state index in [0.29, 0.717) is 31.1 Å². The zero-order valence-corrected chi connectivity index (χ0v) is 12.3. The van der Waals surface area contributed by atoms with Gasteiger partial charge < -0.3 is 14.4 Å². The summed E-state index contributed by atoms with van der Waals surface area (Å²) in [5, 5.41) is 8.80. The second-order valence-corrected chi connectivity index (χ2v) is 4.84. The number of likely N-dealkylation sites (tertiary alicyclic amines) is 1. The number of ether oxygens (including phenoxy) is 2. The second-order valence-electron chi connectivity index (χ2n) is 4.84. The number of hydrogen-bond donors (Lipinski definition) is 0. The summed E-state index contributed by atoms with van der Waals surface area (Å²) < 4.78 is 10.4. The van der Waals surface area contributed by atoms with Gasteiger partial charge in [-0.05, 0) is 13.0 Å². The van der Waals surface area contributed by atoms with Gasteiger partial charge in [-0.25, -0.2) is 4.98 Å². The Balaban J connectivity index is 1.72. The van der Waals surface area contributed by atoms with E-state index in [0.717, 1.165) is 0 Å². The summed E-state index contributed by atoms with van der Waals surface area (Å²) in [5.41, 5.74) is 0.478. The number of amides is 1. The van der Waals surface area contributed by atoms with Gasteiger partial charge in [-0.3, -0.25) is 9.59 Å². The van der Waals surface area contributed by atoms with Crippen molar-refractivity contribution >= 4 is 11.9 Å². The van der Waals surface area contributed by atoms with Crippen molar-refractivity contribution in [3.8, 4) is 11.9 Å². The lowest BCUT2D eigenvalue weighted by Crippen LogP contribution is -2.56. The summed E-state index contributed by atoms with van der Waals surface area (Å²) in [5.74, 6) is -0.0731. The number of esters is 1. The fourth-order valence-corrected chi connectivity index (χ4v) is 2.03. The van der Waals surface area contributed by atoms with Crippen molar-refractivity contribution in [3.63, 3.8) is 0 Å². The number of pyridine rings is 1. The molecule has 0 spiro atoms. The standard InChI is InChI=1S/C15H17N3O4/c1-2-21-15(20)4-3-14(19)18-9-12(10-18)22-13-7-11(8-16)5-6-17-13/h5-7,12H,2-4,9-10H2,1H3. The first kappa shape index (κ1) is 15.8. The molecule has 1 aromatic rings. The lowest BCUT2D eigenvalue weighted by atomic mass is 10.1. The highest BCUT2D eigenvalue weighted by Gasteiger charge is 2.32. The largest absolute Gasteiger partial charge is 0.471 e. The molecule has 0 unspecified atom stereocenters. The number of carbonyl (C=O) groups is 2. The molecule has 0 radical (unpaired) electrons. The van der Waals surface area contributed by atoms with E-state index in [4.69, 9.17) is 14.7 Å². The summed E-state index contributed by atoms with van der Waals surface area (Å²) in [6.45, 7) is 2.97. The molecule has 0 N–H and O–H groups in total. The molecule has 7 heteroatoms. The van der Waals surface area contributed by atoms with E-state index >= 15 is 0 Å². The minimum absolute atomic E-state index is 0.0911. The van der Waals surface area contributed by atoms with Crippen LogP contribution >= 0.6 is 0 Å². The zero-order valence-electron chi connectivity index (χ0n) is 12.3. The maximum absolute atomic E-state index is 11.8. The minimum atomic E-state index is -0.360. The third kappa shape index (κ3) is 4.19. The van der Waals surface area contributed by atoms with Crippen LogP contribution in [0.15, 0.2) is 18.3 Å². The topological polar surface area (TPSA) is 92.5 Å². The predicted molar refractivity (Wildman–Crippen MR) is 75.8 cm³/mol. The molecule has 2 heterocycles. The molecular weight excluding hydrogens is 286 g/mol. The molecule has 1 aliphatic heterocycles. The molecule has 1 aliphatic rings. The van der Waals surface area contributed by atoms with Gasteiger partial charge in [-0.2, -0.15) is 5.26 Å². The highest BCUT2D eigenvalue weighted by atomic mass is 16.5. The third-order valence-corrected chi connectivity index (χ3v) is 3.20. The van der Waals surface area contributed by atoms with Crippen LogP contribution in [-0.4, -0.2) is 47.6 Å². The Hall–Kier alpha value is -2.62. The van der Waals surface area contributed by atoms with Crippen LogP contribution in [0.25, 0.3) is 0 Å². The predicted octanol–water partition coefficient (Wildman–Crippen LogP) is 0.886. The second kappa shape index (κ2) is 7.41. The van der Waals surface area contributed by atoms with Crippen LogP contribution in [0, 0.1) is 11.3 Å². The Labute approximate surface area is 128 Å². The first-order valence-corrected chi connectivity index (χ1v) is 7.08. The van der Waals surface area contributed by atoms with Crippen molar-refractivity contribution in [3.05, 3.63) is 23.9 Å². The van der Waals surface area contributed by atoms with Crippen molar-refractivity contribution in [2.24, 2.45) is 0 Å². The summed E-state index contributed by atoms with van der Waals surface area (Å²) in [7, 11) is 0. The van der Waals surface area contributed by atoms with Gasteiger partial charge in [0.25, 0.3) is 0 Å². The third-order valence-electron chi connectivity index (χ3n) is 3.20. The van der Waals surface area contributed by atoms with E-state index in [1.807, 2.05) is 6.07 Å². The fraction of sp³-hybridized carbons (Fsp3) is 0.467. The summed E-state index contributed by atoms with van der Waals surface area (Å²) in [4.78, 5) is 28.7. The van der Waals surface area contributed by atoms with E-state index in [-0.39, 0.29) is 30.8 Å². The zero-order chi connectivity index (χ0) is 15.9. The van der Waals surface area contributed by atoms with E-state index < -0.39 is 0 Å². The van der Waals surface area contributed by atoms with E-state index in [1.54, 1.807) is 24.0 Å². The average molecular weight is 303 g/mol. The summed E-state index contributed by atoms with van der Waals surface area (Å²) in [6.07, 6.45) is 1.62. The number of hydrogen-bond acceptors (Lipinski definition) is 6. The average Bonchev–Trinajstić information content (AvgIpc) is 2.48. The van der Waals surface area contributed by atoms with Crippen LogP contribution < -0.4 is 4.74 Å². The number of nitriles is 1. The van der Waals surface area contributed by atoms with Gasteiger partial charge in [-0.1, -0.05) is 0 Å². The maximum Gasteiger partial charge on any atom is 0.306 e. The molecule has 0 atom stereocenters. The molecule has 22 heavy (non-hydrogen) atoms. The molecule has 7 nitrogen and oxygen atoms in total. The molecule has 0 saturated carbocycles. The van der Waals surface area contributed by atoms with Crippen LogP contribution in [0.1, 0.15) is 25.3 Å². The SMILES string of the molecule is CCOC(=O)CCC(=O)N1CC(Oc2cc(C#N)ccn2)C1. The Morgan fingerprint density at radius 2 is 2.23 bits per heavy atom. The quantitative estimate of drug-likeness (QED) is 0.724. The Bertz CT molecular complexity index is 591. The number of aromatic nitrogens is 1.